The summed E-state index contributed by atoms with van der Waals surface area (Å²) in [6.07, 6.45) is 4.57. The first-order valence-corrected chi connectivity index (χ1v) is 7.23. The molecule has 0 fully saturated rings. The maximum Gasteiger partial charge on any atom is 0.135 e. The molecule has 0 spiro atoms. The summed E-state index contributed by atoms with van der Waals surface area (Å²) in [6, 6.07) is 0. The number of hydrogen-bond acceptors (Lipinski definition) is 3. The normalized spacial score (nSPS) is 12.2. The van der Waals surface area contributed by atoms with Crippen LogP contribution in [0.4, 0.5) is 0 Å². The zero-order chi connectivity index (χ0) is 12.6. The van der Waals surface area contributed by atoms with Gasteiger partial charge in [0.2, 0.25) is 0 Å². The average Bonchev–Trinajstić information content (AvgIpc) is 2.21. The highest BCUT2D eigenvalue weighted by Gasteiger charge is 2.15. The highest BCUT2D eigenvalue weighted by molar-refractivity contribution is 8.22. The lowest BCUT2D eigenvalue weighted by molar-refractivity contribution is -0.120. The third-order valence-electron chi connectivity index (χ3n) is 2.50. The zero-order valence-corrected chi connectivity index (χ0v) is 12.4. The molecule has 0 heterocycles. The van der Waals surface area contributed by atoms with Crippen LogP contribution in [0, 0.1) is 5.92 Å². The van der Waals surface area contributed by atoms with Crippen molar-refractivity contribution in [3.05, 3.63) is 0 Å². The molecule has 2 nitrogen and oxygen atoms in total. The number of nitrogens with zero attached hydrogens (tertiary/aromatic N) is 1. The van der Waals surface area contributed by atoms with E-state index in [1.165, 1.54) is 12.8 Å². The van der Waals surface area contributed by atoms with Crippen molar-refractivity contribution in [2.75, 3.05) is 19.8 Å². The summed E-state index contributed by atoms with van der Waals surface area (Å²) in [5.74, 6) is 1.30. The SMILES string of the molecule is CCCCCC(CSC(=S)N(C)C)C(C)=O. The Morgan fingerprint density at radius 1 is 1.38 bits per heavy atom. The van der Waals surface area contributed by atoms with Crippen LogP contribution in [0.25, 0.3) is 0 Å². The fourth-order valence-electron chi connectivity index (χ4n) is 1.35. The van der Waals surface area contributed by atoms with Crippen molar-refractivity contribution in [1.82, 2.24) is 4.90 Å². The molecule has 16 heavy (non-hydrogen) atoms. The van der Waals surface area contributed by atoms with Crippen molar-refractivity contribution in [3.63, 3.8) is 0 Å². The molecule has 0 aliphatic rings. The second kappa shape index (κ2) is 8.99. The molecule has 0 aromatic carbocycles. The van der Waals surface area contributed by atoms with Crippen LogP contribution in [0.5, 0.6) is 0 Å². The van der Waals surface area contributed by atoms with E-state index in [0.29, 0.717) is 5.78 Å². The number of hydrogen-bond donors (Lipinski definition) is 0. The van der Waals surface area contributed by atoms with Crippen LogP contribution in [0.1, 0.15) is 39.5 Å². The molecule has 1 unspecified atom stereocenters. The van der Waals surface area contributed by atoms with Crippen LogP contribution in [0.3, 0.4) is 0 Å². The van der Waals surface area contributed by atoms with Crippen LogP contribution in [-0.4, -0.2) is 34.9 Å². The number of Topliss-reactive ketones (excluding diaryl/α,β-unsaturated/α-hetero) is 1. The molecule has 0 saturated heterocycles. The molecule has 0 bridgehead atoms. The van der Waals surface area contributed by atoms with Gasteiger partial charge in [0, 0.05) is 25.8 Å². The average molecular weight is 261 g/mol. The first kappa shape index (κ1) is 15.9. The quantitative estimate of drug-likeness (QED) is 0.517. The van der Waals surface area contributed by atoms with Gasteiger partial charge in [0.15, 0.2) is 0 Å². The van der Waals surface area contributed by atoms with Crippen molar-refractivity contribution in [2.24, 2.45) is 5.92 Å². The highest BCUT2D eigenvalue weighted by atomic mass is 32.2. The molecule has 0 radical (unpaired) electrons. The Morgan fingerprint density at radius 2 is 2.00 bits per heavy atom. The lowest BCUT2D eigenvalue weighted by Gasteiger charge is -2.16. The Kier molecular flexibility index (Phi) is 8.94. The first-order chi connectivity index (χ1) is 7.49. The first-order valence-electron chi connectivity index (χ1n) is 5.83. The molecule has 0 saturated carbocycles. The summed E-state index contributed by atoms with van der Waals surface area (Å²) in [7, 11) is 3.88. The topological polar surface area (TPSA) is 20.3 Å². The Balaban J connectivity index is 3.94. The Labute approximate surface area is 109 Å². The number of carbonyl (C=O) groups excluding carboxylic acids is 1. The van der Waals surface area contributed by atoms with Crippen LogP contribution in [-0.2, 0) is 4.79 Å². The maximum atomic E-state index is 11.5. The number of rotatable bonds is 7. The summed E-state index contributed by atoms with van der Waals surface area (Å²) in [5, 5.41) is 0. The largest absolute Gasteiger partial charge is 0.364 e. The summed E-state index contributed by atoms with van der Waals surface area (Å²) >= 11 is 6.81. The predicted molar refractivity (Wildman–Crippen MR) is 77.1 cm³/mol. The van der Waals surface area contributed by atoms with Gasteiger partial charge in [0.1, 0.15) is 10.1 Å². The predicted octanol–water partition coefficient (Wildman–Crippen LogP) is 3.35. The van der Waals surface area contributed by atoms with Crippen molar-refractivity contribution in [3.8, 4) is 0 Å². The van der Waals surface area contributed by atoms with Crippen LogP contribution in [0.2, 0.25) is 0 Å². The fourth-order valence-corrected chi connectivity index (χ4v) is 2.55. The van der Waals surface area contributed by atoms with E-state index in [1.807, 2.05) is 19.0 Å². The molecule has 94 valence electrons. The van der Waals surface area contributed by atoms with E-state index in [-0.39, 0.29) is 5.92 Å². The fraction of sp³-hybridized carbons (Fsp3) is 0.833. The Hall–Kier alpha value is -0.0900. The molecule has 0 aliphatic carbocycles. The van der Waals surface area contributed by atoms with E-state index < -0.39 is 0 Å². The lowest BCUT2D eigenvalue weighted by Crippen LogP contribution is -2.20. The lowest BCUT2D eigenvalue weighted by atomic mass is 10.00. The number of ketones is 1. The molecule has 0 amide bonds. The third kappa shape index (κ3) is 7.23. The van der Waals surface area contributed by atoms with Gasteiger partial charge in [-0.3, -0.25) is 4.79 Å². The van der Waals surface area contributed by atoms with Crippen LogP contribution in [0.15, 0.2) is 0 Å². The summed E-state index contributed by atoms with van der Waals surface area (Å²) in [4.78, 5) is 13.4. The van der Waals surface area contributed by atoms with E-state index in [9.17, 15) is 4.79 Å². The van der Waals surface area contributed by atoms with Gasteiger partial charge in [0.05, 0.1) is 0 Å². The Bertz CT molecular complexity index is 229. The van der Waals surface area contributed by atoms with E-state index in [4.69, 9.17) is 12.2 Å². The van der Waals surface area contributed by atoms with Gasteiger partial charge in [-0.05, 0) is 13.3 Å². The van der Waals surface area contributed by atoms with Crippen molar-refractivity contribution in [1.29, 1.82) is 0 Å². The van der Waals surface area contributed by atoms with Gasteiger partial charge >= 0.3 is 0 Å². The summed E-state index contributed by atoms with van der Waals surface area (Å²) < 4.78 is 0.863. The summed E-state index contributed by atoms with van der Waals surface area (Å²) in [5.41, 5.74) is 0. The van der Waals surface area contributed by atoms with E-state index in [1.54, 1.807) is 18.7 Å². The van der Waals surface area contributed by atoms with Crippen LogP contribution >= 0.6 is 24.0 Å². The second-order valence-electron chi connectivity index (χ2n) is 4.27. The number of carbonyl (C=O) groups is 1. The van der Waals surface area contributed by atoms with Gasteiger partial charge in [-0.15, -0.1) is 0 Å². The Morgan fingerprint density at radius 3 is 2.44 bits per heavy atom. The van der Waals surface area contributed by atoms with E-state index >= 15 is 0 Å². The molecule has 4 heteroatoms. The minimum atomic E-state index is 0.175. The van der Waals surface area contributed by atoms with Gasteiger partial charge < -0.3 is 4.90 Å². The minimum Gasteiger partial charge on any atom is -0.364 e. The van der Waals surface area contributed by atoms with Crippen molar-refractivity contribution >= 4 is 34.1 Å². The highest BCUT2D eigenvalue weighted by Crippen LogP contribution is 2.18. The molecule has 1 atom stereocenters. The molecular weight excluding hydrogens is 238 g/mol. The van der Waals surface area contributed by atoms with E-state index in [2.05, 4.69) is 6.92 Å². The number of thiocarbonyl (C=S) groups is 1. The van der Waals surface area contributed by atoms with Crippen LogP contribution < -0.4 is 0 Å². The smallest absolute Gasteiger partial charge is 0.135 e. The van der Waals surface area contributed by atoms with Gasteiger partial charge in [-0.2, -0.15) is 0 Å². The van der Waals surface area contributed by atoms with Crippen molar-refractivity contribution in [2.45, 2.75) is 39.5 Å². The molecule has 0 rings (SSSR count). The zero-order valence-electron chi connectivity index (χ0n) is 10.8. The maximum absolute atomic E-state index is 11.5. The standard InChI is InChI=1S/C12H23NOS2/c1-5-6-7-8-11(10(2)14)9-16-12(15)13(3)4/h11H,5-9H2,1-4H3. The molecule has 0 aromatic heterocycles. The van der Waals surface area contributed by atoms with Gasteiger partial charge in [-0.25, -0.2) is 0 Å². The minimum absolute atomic E-state index is 0.175. The molecule has 0 aromatic rings. The third-order valence-corrected chi connectivity index (χ3v) is 4.40. The molecular formula is C12H23NOS2. The summed E-state index contributed by atoms with van der Waals surface area (Å²) in [6.45, 7) is 3.87. The second-order valence-corrected chi connectivity index (χ2v) is 5.93. The van der Waals surface area contributed by atoms with Crippen molar-refractivity contribution < 1.29 is 4.79 Å². The molecule has 0 aliphatic heterocycles. The number of thioether (sulfide) groups is 1. The van der Waals surface area contributed by atoms with Gasteiger partial charge in [0.25, 0.3) is 0 Å². The monoisotopic (exact) mass is 261 g/mol. The molecule has 0 N–H and O–H groups in total. The number of unbranched alkanes of at least 4 members (excludes halogenated alkanes) is 2. The van der Waals surface area contributed by atoms with E-state index in [0.717, 1.165) is 22.9 Å². The van der Waals surface area contributed by atoms with Gasteiger partial charge in [-0.1, -0.05) is 50.2 Å².